The number of rotatable bonds is 6. The van der Waals surface area contributed by atoms with Gasteiger partial charge in [0.15, 0.2) is 0 Å². The summed E-state index contributed by atoms with van der Waals surface area (Å²) in [6.45, 7) is 4.62. The molecule has 2 amide bonds. The van der Waals surface area contributed by atoms with Crippen LogP contribution in [0.1, 0.15) is 43.0 Å². The summed E-state index contributed by atoms with van der Waals surface area (Å²) in [5, 5.41) is 8.97. The monoisotopic (exact) mass is 339 g/mol. The second kappa shape index (κ2) is 10.2. The molecule has 0 bridgehead atoms. The number of halogens is 1. The highest BCUT2D eigenvalue weighted by molar-refractivity contribution is 5.95. The van der Waals surface area contributed by atoms with Crippen LogP contribution in [0, 0.1) is 5.92 Å². The highest BCUT2D eigenvalue weighted by Crippen LogP contribution is 2.18. The van der Waals surface area contributed by atoms with Gasteiger partial charge in [0.05, 0.1) is 0 Å². The van der Waals surface area contributed by atoms with Crippen molar-refractivity contribution < 1.29 is 9.59 Å². The first kappa shape index (κ1) is 19.5. The first-order valence-corrected chi connectivity index (χ1v) is 8.08. The molecule has 5 nitrogen and oxygen atoms in total. The van der Waals surface area contributed by atoms with Crippen LogP contribution in [0.4, 0.5) is 5.69 Å². The molecule has 1 fully saturated rings. The van der Waals surface area contributed by atoms with E-state index in [1.54, 1.807) is 24.3 Å². The Bertz CT molecular complexity index is 499. The summed E-state index contributed by atoms with van der Waals surface area (Å²) in [6, 6.07) is 7.00. The van der Waals surface area contributed by atoms with Crippen molar-refractivity contribution in [2.24, 2.45) is 5.92 Å². The third-order valence-electron chi connectivity index (χ3n) is 4.01. The summed E-state index contributed by atoms with van der Waals surface area (Å²) in [6.07, 6.45) is 3.83. The SMILES string of the molecule is CCNC(=O)c1ccc(NC(=O)CCC2CCNCC2)cc1.Cl. The van der Waals surface area contributed by atoms with Crippen LogP contribution in [0.3, 0.4) is 0 Å². The standard InChI is InChI=1S/C17H25N3O2.ClH/c1-2-19-17(22)14-4-6-15(7-5-14)20-16(21)8-3-13-9-11-18-12-10-13;/h4-7,13,18H,2-3,8-12H2,1H3,(H,19,22)(H,20,21);1H. The van der Waals surface area contributed by atoms with Crippen LogP contribution in [0.2, 0.25) is 0 Å². The van der Waals surface area contributed by atoms with Gasteiger partial charge >= 0.3 is 0 Å². The highest BCUT2D eigenvalue weighted by atomic mass is 35.5. The number of carbonyl (C=O) groups is 2. The van der Waals surface area contributed by atoms with Gasteiger partial charge in [-0.3, -0.25) is 9.59 Å². The van der Waals surface area contributed by atoms with Crippen molar-refractivity contribution in [3.05, 3.63) is 29.8 Å². The maximum Gasteiger partial charge on any atom is 0.251 e. The molecule has 0 aliphatic carbocycles. The van der Waals surface area contributed by atoms with E-state index in [-0.39, 0.29) is 24.2 Å². The van der Waals surface area contributed by atoms with E-state index in [1.165, 1.54) is 0 Å². The molecule has 1 saturated heterocycles. The van der Waals surface area contributed by atoms with E-state index in [1.807, 2.05) is 6.92 Å². The fourth-order valence-electron chi connectivity index (χ4n) is 2.70. The summed E-state index contributed by atoms with van der Waals surface area (Å²) in [7, 11) is 0. The lowest BCUT2D eigenvalue weighted by atomic mass is 9.93. The second-order valence-corrected chi connectivity index (χ2v) is 5.72. The number of nitrogens with one attached hydrogen (secondary N) is 3. The van der Waals surface area contributed by atoms with Crippen LogP contribution in [0.15, 0.2) is 24.3 Å². The maximum atomic E-state index is 12.0. The Morgan fingerprint density at radius 3 is 2.43 bits per heavy atom. The first-order chi connectivity index (χ1) is 10.7. The lowest BCUT2D eigenvalue weighted by molar-refractivity contribution is -0.116. The number of piperidine rings is 1. The van der Waals surface area contributed by atoms with Crippen molar-refractivity contribution in [3.8, 4) is 0 Å². The largest absolute Gasteiger partial charge is 0.352 e. The van der Waals surface area contributed by atoms with Gasteiger partial charge in [0.25, 0.3) is 5.91 Å². The van der Waals surface area contributed by atoms with Gasteiger partial charge in [-0.25, -0.2) is 0 Å². The zero-order valence-corrected chi connectivity index (χ0v) is 14.4. The summed E-state index contributed by atoms with van der Waals surface area (Å²) in [5.74, 6) is 0.614. The van der Waals surface area contributed by atoms with Gasteiger partial charge in [-0.2, -0.15) is 0 Å². The van der Waals surface area contributed by atoms with Crippen molar-refractivity contribution >= 4 is 29.9 Å². The number of carbonyl (C=O) groups excluding carboxylic acids is 2. The van der Waals surface area contributed by atoms with Crippen molar-refractivity contribution in [2.75, 3.05) is 25.0 Å². The Morgan fingerprint density at radius 1 is 1.17 bits per heavy atom. The number of amides is 2. The van der Waals surface area contributed by atoms with Gasteiger partial charge in [0, 0.05) is 24.2 Å². The summed E-state index contributed by atoms with van der Waals surface area (Å²) >= 11 is 0. The Morgan fingerprint density at radius 2 is 1.83 bits per heavy atom. The zero-order valence-electron chi connectivity index (χ0n) is 13.6. The molecule has 1 aliphatic rings. The summed E-state index contributed by atoms with van der Waals surface area (Å²) in [5.41, 5.74) is 1.35. The molecule has 2 rings (SSSR count). The normalized spacial score (nSPS) is 14.7. The van der Waals surface area contributed by atoms with Crippen LogP contribution >= 0.6 is 12.4 Å². The predicted octanol–water partition coefficient (Wildman–Crippen LogP) is 2.58. The van der Waals surface area contributed by atoms with E-state index < -0.39 is 0 Å². The molecule has 0 aromatic heterocycles. The molecule has 3 N–H and O–H groups in total. The first-order valence-electron chi connectivity index (χ1n) is 8.08. The Labute approximate surface area is 144 Å². The van der Waals surface area contributed by atoms with Crippen molar-refractivity contribution in [2.45, 2.75) is 32.6 Å². The van der Waals surface area contributed by atoms with Gasteiger partial charge in [0.2, 0.25) is 5.91 Å². The number of hydrogen-bond donors (Lipinski definition) is 3. The topological polar surface area (TPSA) is 70.2 Å². The van der Waals surface area contributed by atoms with Crippen LogP contribution in [0.25, 0.3) is 0 Å². The average molecular weight is 340 g/mol. The Hall–Kier alpha value is -1.59. The van der Waals surface area contributed by atoms with Crippen molar-refractivity contribution in [1.82, 2.24) is 10.6 Å². The molecule has 0 spiro atoms. The minimum absolute atomic E-state index is 0. The highest BCUT2D eigenvalue weighted by Gasteiger charge is 2.14. The van der Waals surface area contributed by atoms with E-state index in [9.17, 15) is 9.59 Å². The minimum Gasteiger partial charge on any atom is -0.352 e. The van der Waals surface area contributed by atoms with Crippen molar-refractivity contribution in [1.29, 1.82) is 0 Å². The van der Waals surface area contributed by atoms with Gasteiger partial charge in [-0.1, -0.05) is 0 Å². The molecule has 0 unspecified atom stereocenters. The summed E-state index contributed by atoms with van der Waals surface area (Å²) in [4.78, 5) is 23.6. The average Bonchev–Trinajstić information content (AvgIpc) is 2.55. The van der Waals surface area contributed by atoms with Crippen LogP contribution in [-0.2, 0) is 4.79 Å². The van der Waals surface area contributed by atoms with Crippen LogP contribution in [-0.4, -0.2) is 31.4 Å². The molecule has 6 heteroatoms. The third kappa shape index (κ3) is 6.59. The predicted molar refractivity (Wildman–Crippen MR) is 95.2 cm³/mol. The van der Waals surface area contributed by atoms with Gasteiger partial charge in [-0.15, -0.1) is 12.4 Å². The molecule has 1 aromatic carbocycles. The van der Waals surface area contributed by atoms with Gasteiger partial charge < -0.3 is 16.0 Å². The van der Waals surface area contributed by atoms with E-state index >= 15 is 0 Å². The zero-order chi connectivity index (χ0) is 15.8. The van der Waals surface area contributed by atoms with Crippen LogP contribution < -0.4 is 16.0 Å². The minimum atomic E-state index is -0.0914. The molecule has 0 atom stereocenters. The smallest absolute Gasteiger partial charge is 0.251 e. The van der Waals surface area contributed by atoms with E-state index in [0.29, 0.717) is 24.4 Å². The maximum absolute atomic E-state index is 12.0. The molecular formula is C17H26ClN3O2. The Balaban J connectivity index is 0.00000264. The summed E-state index contributed by atoms with van der Waals surface area (Å²) < 4.78 is 0. The molecule has 0 radical (unpaired) electrons. The van der Waals surface area contributed by atoms with Gasteiger partial charge in [-0.05, 0) is 69.5 Å². The van der Waals surface area contributed by atoms with E-state index in [2.05, 4.69) is 16.0 Å². The van der Waals surface area contributed by atoms with Crippen molar-refractivity contribution in [3.63, 3.8) is 0 Å². The molecule has 128 valence electrons. The quantitative estimate of drug-likeness (QED) is 0.746. The lowest BCUT2D eigenvalue weighted by Gasteiger charge is -2.22. The lowest BCUT2D eigenvalue weighted by Crippen LogP contribution is -2.28. The second-order valence-electron chi connectivity index (χ2n) is 5.72. The molecule has 1 aromatic rings. The number of benzene rings is 1. The van der Waals surface area contributed by atoms with E-state index in [0.717, 1.165) is 38.0 Å². The van der Waals surface area contributed by atoms with Gasteiger partial charge in [0.1, 0.15) is 0 Å². The van der Waals surface area contributed by atoms with Crippen LogP contribution in [0.5, 0.6) is 0 Å². The fourth-order valence-corrected chi connectivity index (χ4v) is 2.70. The molecule has 0 saturated carbocycles. The molecule has 1 heterocycles. The molecular weight excluding hydrogens is 314 g/mol. The van der Waals surface area contributed by atoms with E-state index in [4.69, 9.17) is 0 Å². The fraction of sp³-hybridized carbons (Fsp3) is 0.529. The third-order valence-corrected chi connectivity index (χ3v) is 4.01. The Kier molecular flexibility index (Phi) is 8.66. The molecule has 1 aliphatic heterocycles. The number of anilines is 1. The molecule has 23 heavy (non-hydrogen) atoms. The number of hydrogen-bond acceptors (Lipinski definition) is 3.